The quantitative estimate of drug-likeness (QED) is 0.285. The van der Waals surface area contributed by atoms with Gasteiger partial charge in [0.2, 0.25) is 0 Å². The molecule has 0 radical (unpaired) electrons. The summed E-state index contributed by atoms with van der Waals surface area (Å²) in [6.07, 6.45) is 7.78. The minimum absolute atomic E-state index is 0.256. The van der Waals surface area contributed by atoms with Gasteiger partial charge in [0.15, 0.2) is 0 Å². The van der Waals surface area contributed by atoms with E-state index in [1.165, 1.54) is 31.4 Å². The third-order valence-electron chi connectivity index (χ3n) is 6.87. The summed E-state index contributed by atoms with van der Waals surface area (Å²) < 4.78 is 15.9. The summed E-state index contributed by atoms with van der Waals surface area (Å²) in [6, 6.07) is 23.2. The van der Waals surface area contributed by atoms with Crippen LogP contribution < -0.4 is 10.7 Å². The van der Waals surface area contributed by atoms with Crippen molar-refractivity contribution in [2.24, 2.45) is 4.99 Å². The summed E-state index contributed by atoms with van der Waals surface area (Å²) in [5, 5.41) is 4.45. The van der Waals surface area contributed by atoms with Crippen molar-refractivity contribution in [1.82, 2.24) is 14.5 Å². The molecule has 2 heterocycles. The molecule has 0 unspecified atom stereocenters. The van der Waals surface area contributed by atoms with Gasteiger partial charge in [-0.3, -0.25) is 9.98 Å². The number of pyridine rings is 1. The van der Waals surface area contributed by atoms with Crippen LogP contribution in [0.3, 0.4) is 0 Å². The van der Waals surface area contributed by atoms with E-state index in [0.29, 0.717) is 6.04 Å². The van der Waals surface area contributed by atoms with E-state index in [1.807, 2.05) is 61.7 Å². The van der Waals surface area contributed by atoms with Crippen LogP contribution in [0.5, 0.6) is 0 Å². The van der Waals surface area contributed by atoms with Crippen molar-refractivity contribution in [3.05, 3.63) is 95.9 Å². The molecule has 1 fully saturated rings. The second-order valence-corrected chi connectivity index (χ2v) is 9.50. The highest BCUT2D eigenvalue weighted by Gasteiger charge is 2.18. The van der Waals surface area contributed by atoms with E-state index in [2.05, 4.69) is 27.0 Å². The number of aryl methyl sites for hydroxylation is 1. The van der Waals surface area contributed by atoms with Crippen molar-refractivity contribution in [2.45, 2.75) is 45.1 Å². The zero-order chi connectivity index (χ0) is 24.5. The fraction of sp³-hybridized carbons (Fsp3) is 0.233. The van der Waals surface area contributed by atoms with E-state index in [9.17, 15) is 4.39 Å². The molecule has 2 aromatic carbocycles. The molecule has 0 saturated heterocycles. The molecule has 3 aromatic rings. The van der Waals surface area contributed by atoms with Crippen molar-refractivity contribution in [3.63, 3.8) is 0 Å². The first-order valence-corrected chi connectivity index (χ1v) is 12.6. The molecule has 2 aliphatic carbocycles. The largest absolute Gasteiger partial charge is 0.352 e. The predicted molar refractivity (Wildman–Crippen MR) is 142 cm³/mol. The first kappa shape index (κ1) is 22.4. The molecule has 1 N–H and O–H groups in total. The van der Waals surface area contributed by atoms with Crippen LogP contribution in [-0.4, -0.2) is 20.6 Å². The van der Waals surface area contributed by atoms with E-state index in [1.54, 1.807) is 0 Å². The standard InChI is InChI=1S/C30H28FN5/c1-20-11-14-23(19-32-20)34-26-17-28-30(18-27(26)33-22-7-3-2-4-8-22)36(24-15-12-21(31)13-16-24)29-10-6-5-9-25(29)35-28/h5-6,9-19,22,34H,2-4,7-8H2,1H3/b33-27+. The van der Waals surface area contributed by atoms with Gasteiger partial charge >= 0.3 is 0 Å². The van der Waals surface area contributed by atoms with E-state index >= 15 is 0 Å². The van der Waals surface area contributed by atoms with E-state index < -0.39 is 0 Å². The monoisotopic (exact) mass is 477 g/mol. The van der Waals surface area contributed by atoms with Crippen LogP contribution in [-0.2, 0) is 0 Å². The molecule has 0 bridgehead atoms. The Balaban J connectivity index is 1.61. The molecule has 6 heteroatoms. The van der Waals surface area contributed by atoms with Gasteiger partial charge in [-0.1, -0.05) is 31.4 Å². The molecule has 1 saturated carbocycles. The van der Waals surface area contributed by atoms with E-state index in [-0.39, 0.29) is 5.82 Å². The molecule has 6 rings (SSSR count). The summed E-state index contributed by atoms with van der Waals surface area (Å²) in [4.78, 5) is 14.7. The summed E-state index contributed by atoms with van der Waals surface area (Å²) in [7, 11) is 0. The Morgan fingerprint density at radius 1 is 0.944 bits per heavy atom. The molecular formula is C30H28FN5. The van der Waals surface area contributed by atoms with Gasteiger partial charge in [-0.05, 0) is 80.4 Å². The van der Waals surface area contributed by atoms with Gasteiger partial charge in [0, 0.05) is 11.4 Å². The number of hydrogen-bond acceptors (Lipinski definition) is 4. The maximum atomic E-state index is 13.8. The molecule has 3 aliphatic rings. The Kier molecular flexibility index (Phi) is 5.93. The number of aromatic nitrogens is 3. The highest BCUT2D eigenvalue weighted by Crippen LogP contribution is 2.31. The fourth-order valence-corrected chi connectivity index (χ4v) is 5.02. The molecule has 0 atom stereocenters. The van der Waals surface area contributed by atoms with Gasteiger partial charge in [-0.15, -0.1) is 0 Å². The Morgan fingerprint density at radius 3 is 2.53 bits per heavy atom. The van der Waals surface area contributed by atoms with Gasteiger partial charge in [0.1, 0.15) is 5.82 Å². The Morgan fingerprint density at radius 2 is 1.75 bits per heavy atom. The highest BCUT2D eigenvalue weighted by molar-refractivity contribution is 5.84. The molecule has 36 heavy (non-hydrogen) atoms. The first-order chi connectivity index (χ1) is 17.6. The van der Waals surface area contributed by atoms with Crippen LogP contribution in [0.2, 0.25) is 0 Å². The van der Waals surface area contributed by atoms with Crippen LogP contribution in [0.15, 0.2) is 84.0 Å². The maximum Gasteiger partial charge on any atom is 0.123 e. The zero-order valence-corrected chi connectivity index (χ0v) is 20.3. The average molecular weight is 478 g/mol. The number of rotatable bonds is 4. The van der Waals surface area contributed by atoms with Gasteiger partial charge < -0.3 is 9.88 Å². The van der Waals surface area contributed by atoms with Gasteiger partial charge in [0.05, 0.1) is 51.4 Å². The summed E-state index contributed by atoms with van der Waals surface area (Å²) in [5.74, 6) is -0.256. The van der Waals surface area contributed by atoms with Crippen LogP contribution in [0.1, 0.15) is 37.8 Å². The maximum absolute atomic E-state index is 13.8. The number of benzene rings is 3. The number of halogens is 1. The third-order valence-corrected chi connectivity index (χ3v) is 6.87. The minimum atomic E-state index is -0.256. The topological polar surface area (TPSA) is 55.1 Å². The average Bonchev–Trinajstić information content (AvgIpc) is 2.90. The Labute approximate surface area is 209 Å². The highest BCUT2D eigenvalue weighted by atomic mass is 19.1. The molecule has 1 aliphatic heterocycles. The molecule has 5 nitrogen and oxygen atoms in total. The van der Waals surface area contributed by atoms with E-state index in [4.69, 9.17) is 9.98 Å². The molecule has 0 spiro atoms. The van der Waals surface area contributed by atoms with Crippen molar-refractivity contribution in [1.29, 1.82) is 0 Å². The fourth-order valence-electron chi connectivity index (χ4n) is 5.02. The van der Waals surface area contributed by atoms with Crippen LogP contribution in [0.4, 0.5) is 15.8 Å². The molecule has 0 amide bonds. The van der Waals surface area contributed by atoms with Crippen molar-refractivity contribution < 1.29 is 4.39 Å². The Bertz CT molecular complexity index is 1550. The second-order valence-electron chi connectivity index (χ2n) is 9.50. The number of nitrogens with zero attached hydrogens (tertiary/aromatic N) is 4. The summed E-state index contributed by atoms with van der Waals surface area (Å²) >= 11 is 0. The number of para-hydroxylation sites is 2. The van der Waals surface area contributed by atoms with Crippen LogP contribution in [0, 0.1) is 12.7 Å². The lowest BCUT2D eigenvalue weighted by Gasteiger charge is -2.21. The Hall–Kier alpha value is -4.06. The third kappa shape index (κ3) is 4.47. The van der Waals surface area contributed by atoms with Gasteiger partial charge in [-0.2, -0.15) is 0 Å². The minimum Gasteiger partial charge on any atom is -0.352 e. The SMILES string of the molecule is Cc1ccc(Nc2cc3nc4ccccc4n(-c4ccc(F)cc4)c-3c/c2=N\C2CCCCC2)cn1. The number of hydrogen-bond donors (Lipinski definition) is 1. The van der Waals surface area contributed by atoms with Crippen molar-refractivity contribution >= 4 is 22.4 Å². The lowest BCUT2D eigenvalue weighted by atomic mass is 9.96. The lowest BCUT2D eigenvalue weighted by Crippen LogP contribution is -2.19. The normalized spacial score (nSPS) is 15.0. The number of fused-ring (bicyclic) bond motifs is 2. The summed E-state index contributed by atoms with van der Waals surface area (Å²) in [5.41, 5.74) is 7.27. The molecule has 180 valence electrons. The first-order valence-electron chi connectivity index (χ1n) is 12.6. The van der Waals surface area contributed by atoms with Crippen LogP contribution in [0.25, 0.3) is 28.1 Å². The number of nitrogens with one attached hydrogen (secondary N) is 1. The van der Waals surface area contributed by atoms with E-state index in [0.717, 1.165) is 63.4 Å². The number of anilines is 2. The summed E-state index contributed by atoms with van der Waals surface area (Å²) in [6.45, 7) is 1.98. The molecular weight excluding hydrogens is 449 g/mol. The van der Waals surface area contributed by atoms with Crippen LogP contribution >= 0.6 is 0 Å². The second kappa shape index (κ2) is 9.53. The van der Waals surface area contributed by atoms with Gasteiger partial charge in [-0.25, -0.2) is 9.37 Å². The van der Waals surface area contributed by atoms with Crippen molar-refractivity contribution in [3.8, 4) is 17.1 Å². The molecule has 1 aromatic heterocycles. The smallest absolute Gasteiger partial charge is 0.123 e. The van der Waals surface area contributed by atoms with Gasteiger partial charge in [0.25, 0.3) is 0 Å². The zero-order valence-electron chi connectivity index (χ0n) is 20.3. The predicted octanol–water partition coefficient (Wildman–Crippen LogP) is 6.95. The van der Waals surface area contributed by atoms with Crippen molar-refractivity contribution in [2.75, 3.05) is 5.32 Å². The lowest BCUT2D eigenvalue weighted by molar-refractivity contribution is 0.437.